The lowest BCUT2D eigenvalue weighted by Gasteiger charge is -2.06. The maximum atomic E-state index is 11.6. The Balaban J connectivity index is 0.000000191. The Kier molecular flexibility index (Phi) is 8.41. The molecule has 0 radical (unpaired) electrons. The second-order valence-electron chi connectivity index (χ2n) is 7.42. The molecule has 4 aromatic carbocycles. The van der Waals surface area contributed by atoms with Gasteiger partial charge in [0.1, 0.15) is 18.1 Å². The number of phenolic OH excluding ortho intramolecular Hbond substituents is 2. The number of carboxylic acids is 1. The van der Waals surface area contributed by atoms with Crippen molar-refractivity contribution in [3.8, 4) is 11.5 Å². The fraction of sp³-hybridized carbons (Fsp3) is 0.0714. The molecule has 0 heterocycles. The number of aromatic carboxylic acids is 1. The summed E-state index contributed by atoms with van der Waals surface area (Å²) in [7, 11) is 0. The molecule has 0 atom stereocenters. The van der Waals surface area contributed by atoms with Crippen molar-refractivity contribution in [2.45, 2.75) is 13.0 Å². The first-order chi connectivity index (χ1) is 16.4. The van der Waals surface area contributed by atoms with Crippen molar-refractivity contribution in [2.24, 2.45) is 0 Å². The van der Waals surface area contributed by atoms with E-state index >= 15 is 0 Å². The van der Waals surface area contributed by atoms with Crippen LogP contribution in [0, 0.1) is 0 Å². The van der Waals surface area contributed by atoms with Gasteiger partial charge in [0.15, 0.2) is 0 Å². The number of carbonyl (C=O) groups is 2. The molecule has 34 heavy (non-hydrogen) atoms. The topological polar surface area (TPSA) is 104 Å². The van der Waals surface area contributed by atoms with Gasteiger partial charge in [-0.05, 0) is 65.6 Å². The van der Waals surface area contributed by atoms with Crippen LogP contribution < -0.4 is 0 Å². The quantitative estimate of drug-likeness (QED) is 0.334. The summed E-state index contributed by atoms with van der Waals surface area (Å²) < 4.78 is 5.13. The summed E-state index contributed by atoms with van der Waals surface area (Å²) in [6.45, 7) is 0.251. The van der Waals surface area contributed by atoms with E-state index in [1.807, 2.05) is 60.7 Å². The van der Waals surface area contributed by atoms with Gasteiger partial charge in [0.2, 0.25) is 0 Å². The third-order valence-electron chi connectivity index (χ3n) is 4.87. The van der Waals surface area contributed by atoms with Gasteiger partial charge < -0.3 is 20.1 Å². The number of carboxylic acid groups (broad SMARTS) is 1. The molecule has 0 saturated carbocycles. The fourth-order valence-electron chi connectivity index (χ4n) is 3.15. The van der Waals surface area contributed by atoms with Crippen molar-refractivity contribution in [3.63, 3.8) is 0 Å². The minimum absolute atomic E-state index is 0.0842. The first-order valence-electron chi connectivity index (χ1n) is 10.5. The monoisotopic (exact) mass is 456 g/mol. The molecule has 0 aliphatic heterocycles. The Bertz CT molecular complexity index is 1220. The van der Waals surface area contributed by atoms with Gasteiger partial charge in [0.25, 0.3) is 0 Å². The van der Waals surface area contributed by atoms with Crippen molar-refractivity contribution >= 4 is 11.9 Å². The van der Waals surface area contributed by atoms with Crippen LogP contribution in [0.2, 0.25) is 0 Å². The SMILES string of the molecule is O=C(O)c1ccc(O)cc1Cc1ccccc1.O=C(OCc1ccccc1)c1ccc(O)cc1. The molecule has 6 heteroatoms. The van der Waals surface area contributed by atoms with E-state index < -0.39 is 11.9 Å². The molecule has 0 bridgehead atoms. The molecule has 0 fully saturated rings. The van der Waals surface area contributed by atoms with E-state index in [0.29, 0.717) is 17.5 Å². The lowest BCUT2D eigenvalue weighted by Crippen LogP contribution is -2.04. The smallest absolute Gasteiger partial charge is 0.338 e. The van der Waals surface area contributed by atoms with Gasteiger partial charge in [-0.2, -0.15) is 0 Å². The Morgan fingerprint density at radius 2 is 1.24 bits per heavy atom. The number of aromatic hydroxyl groups is 2. The first-order valence-corrected chi connectivity index (χ1v) is 10.5. The summed E-state index contributed by atoms with van der Waals surface area (Å²) >= 11 is 0. The van der Waals surface area contributed by atoms with E-state index in [1.54, 1.807) is 0 Å². The Hall–Kier alpha value is -4.58. The van der Waals surface area contributed by atoms with Crippen LogP contribution in [-0.4, -0.2) is 27.3 Å². The zero-order valence-electron chi connectivity index (χ0n) is 18.3. The van der Waals surface area contributed by atoms with Crippen LogP contribution in [0.25, 0.3) is 0 Å². The number of esters is 1. The summed E-state index contributed by atoms with van der Waals surface area (Å²) in [5.74, 6) is -1.16. The molecular weight excluding hydrogens is 432 g/mol. The van der Waals surface area contributed by atoms with Crippen LogP contribution in [0.3, 0.4) is 0 Å². The predicted molar refractivity (Wildman–Crippen MR) is 128 cm³/mol. The Labute approximate surface area is 197 Å². The molecule has 4 rings (SSSR count). The molecule has 0 aromatic heterocycles. The van der Waals surface area contributed by atoms with Gasteiger partial charge in [-0.3, -0.25) is 0 Å². The van der Waals surface area contributed by atoms with E-state index in [1.165, 1.54) is 42.5 Å². The predicted octanol–water partition coefficient (Wildman–Crippen LogP) is 5.43. The Morgan fingerprint density at radius 1 is 0.676 bits per heavy atom. The molecule has 0 aliphatic rings. The van der Waals surface area contributed by atoms with Crippen LogP contribution >= 0.6 is 0 Å². The number of phenols is 2. The van der Waals surface area contributed by atoms with Gasteiger partial charge in [0.05, 0.1) is 11.1 Å². The second kappa shape index (κ2) is 11.9. The van der Waals surface area contributed by atoms with Crippen molar-refractivity contribution in [1.29, 1.82) is 0 Å². The molecule has 172 valence electrons. The highest BCUT2D eigenvalue weighted by Gasteiger charge is 2.11. The van der Waals surface area contributed by atoms with Gasteiger partial charge in [-0.1, -0.05) is 60.7 Å². The zero-order valence-corrected chi connectivity index (χ0v) is 18.3. The third-order valence-corrected chi connectivity index (χ3v) is 4.87. The molecule has 0 aliphatic carbocycles. The fourth-order valence-corrected chi connectivity index (χ4v) is 3.15. The summed E-state index contributed by atoms with van der Waals surface area (Å²) in [6.07, 6.45) is 0.497. The number of hydrogen-bond acceptors (Lipinski definition) is 5. The molecule has 0 spiro atoms. The van der Waals surface area contributed by atoms with Crippen molar-refractivity contribution in [3.05, 3.63) is 131 Å². The van der Waals surface area contributed by atoms with Crippen LogP contribution in [0.5, 0.6) is 11.5 Å². The zero-order chi connectivity index (χ0) is 24.3. The molecule has 0 saturated heterocycles. The normalized spacial score (nSPS) is 10.0. The second-order valence-corrected chi connectivity index (χ2v) is 7.42. The lowest BCUT2D eigenvalue weighted by molar-refractivity contribution is 0.0472. The number of benzene rings is 4. The molecule has 0 unspecified atom stereocenters. The molecular formula is C28H24O6. The van der Waals surface area contributed by atoms with Crippen LogP contribution in [0.4, 0.5) is 0 Å². The van der Waals surface area contributed by atoms with E-state index in [-0.39, 0.29) is 23.7 Å². The summed E-state index contributed by atoms with van der Waals surface area (Å²) in [5.41, 5.74) is 3.23. The number of hydrogen-bond donors (Lipinski definition) is 3. The highest BCUT2D eigenvalue weighted by molar-refractivity contribution is 5.90. The van der Waals surface area contributed by atoms with Crippen LogP contribution in [0.15, 0.2) is 103 Å². The molecule has 0 amide bonds. The van der Waals surface area contributed by atoms with Gasteiger partial charge >= 0.3 is 11.9 Å². The number of carbonyl (C=O) groups excluding carboxylic acids is 1. The highest BCUT2D eigenvalue weighted by atomic mass is 16.5. The lowest BCUT2D eigenvalue weighted by atomic mass is 9.99. The third kappa shape index (κ3) is 7.24. The molecule has 4 aromatic rings. The van der Waals surface area contributed by atoms with Gasteiger partial charge in [-0.25, -0.2) is 9.59 Å². The van der Waals surface area contributed by atoms with E-state index in [2.05, 4.69) is 0 Å². The first kappa shape index (κ1) is 24.1. The average molecular weight is 456 g/mol. The summed E-state index contributed by atoms with van der Waals surface area (Å²) in [5, 5.41) is 27.6. The van der Waals surface area contributed by atoms with E-state index in [0.717, 1.165) is 11.1 Å². The van der Waals surface area contributed by atoms with Crippen LogP contribution in [0.1, 0.15) is 37.4 Å². The van der Waals surface area contributed by atoms with Crippen molar-refractivity contribution < 1.29 is 29.6 Å². The van der Waals surface area contributed by atoms with Crippen LogP contribution in [-0.2, 0) is 17.8 Å². The molecule has 3 N–H and O–H groups in total. The summed E-state index contributed by atoms with van der Waals surface area (Å²) in [6, 6.07) is 29.3. The average Bonchev–Trinajstić information content (AvgIpc) is 2.84. The van der Waals surface area contributed by atoms with Gasteiger partial charge in [0, 0.05) is 0 Å². The van der Waals surface area contributed by atoms with Gasteiger partial charge in [-0.15, -0.1) is 0 Å². The van der Waals surface area contributed by atoms with E-state index in [9.17, 15) is 14.7 Å². The standard InChI is InChI=1S/2C14H12O3/c15-13-8-6-12(7-9-13)14(16)17-10-11-4-2-1-3-5-11;15-12-6-7-13(14(16)17)11(9-12)8-10-4-2-1-3-5-10/h1-9,15H,10H2;1-7,9,15H,8H2,(H,16,17). The van der Waals surface area contributed by atoms with Crippen molar-refractivity contribution in [1.82, 2.24) is 0 Å². The maximum absolute atomic E-state index is 11.6. The number of rotatable bonds is 6. The summed E-state index contributed by atoms with van der Waals surface area (Å²) in [4.78, 5) is 22.7. The Morgan fingerprint density at radius 3 is 1.82 bits per heavy atom. The highest BCUT2D eigenvalue weighted by Crippen LogP contribution is 2.20. The van der Waals surface area contributed by atoms with E-state index in [4.69, 9.17) is 14.9 Å². The minimum atomic E-state index is -0.976. The number of ether oxygens (including phenoxy) is 1. The maximum Gasteiger partial charge on any atom is 0.338 e. The van der Waals surface area contributed by atoms with Crippen molar-refractivity contribution in [2.75, 3.05) is 0 Å². The largest absolute Gasteiger partial charge is 0.508 e. The minimum Gasteiger partial charge on any atom is -0.508 e. The molecule has 6 nitrogen and oxygen atoms in total.